The molecule has 0 aliphatic rings. The fraction of sp³-hybridized carbons (Fsp3) is 0.172. The largest absolute Gasteiger partial charge is 0.507 e. The number of aromatic hydroxyl groups is 1. The summed E-state index contributed by atoms with van der Waals surface area (Å²) in [7, 11) is 3.98. The Kier molecular flexibility index (Phi) is 11.2. The summed E-state index contributed by atoms with van der Waals surface area (Å²) in [6.07, 6.45) is -5.74. The van der Waals surface area contributed by atoms with E-state index in [1.807, 2.05) is 6.07 Å². The Morgan fingerprint density at radius 2 is 1.70 bits per heavy atom. The minimum absolute atomic E-state index is 0.0189. The number of amides is 2. The normalized spacial score (nSPS) is 10.3. The van der Waals surface area contributed by atoms with Gasteiger partial charge in [0, 0.05) is 43.5 Å². The number of carbonyl (C=O) groups is 4. The van der Waals surface area contributed by atoms with Gasteiger partial charge >= 0.3 is 18.2 Å². The minimum Gasteiger partial charge on any atom is -0.507 e. The molecule has 5 N–H and O–H groups in total. The van der Waals surface area contributed by atoms with E-state index >= 15 is 0 Å². The summed E-state index contributed by atoms with van der Waals surface area (Å²) in [6, 6.07) is 11.4. The highest BCUT2D eigenvalue weighted by Crippen LogP contribution is 2.43. The van der Waals surface area contributed by atoms with Crippen molar-refractivity contribution in [2.24, 2.45) is 0 Å². The van der Waals surface area contributed by atoms with Gasteiger partial charge in [-0.05, 0) is 48.0 Å². The second-order valence-electron chi connectivity index (χ2n) is 8.80. The zero-order valence-corrected chi connectivity index (χ0v) is 23.7. The summed E-state index contributed by atoms with van der Waals surface area (Å²) >= 11 is 0. The molecule has 0 atom stereocenters. The molecule has 3 rings (SSSR count). The predicted molar refractivity (Wildman–Crippen MR) is 154 cm³/mol. The third-order valence-corrected chi connectivity index (χ3v) is 6.07. The lowest BCUT2D eigenvalue weighted by Gasteiger charge is -2.21. The van der Waals surface area contributed by atoms with Gasteiger partial charge in [0.1, 0.15) is 11.5 Å². The van der Waals surface area contributed by atoms with Crippen LogP contribution in [0, 0.1) is 16.7 Å². The van der Waals surface area contributed by atoms with E-state index in [-0.39, 0.29) is 34.4 Å². The quantitative estimate of drug-likeness (QED) is 0.137. The third-order valence-electron chi connectivity index (χ3n) is 6.07. The maximum Gasteiger partial charge on any atom is 0.417 e. The van der Waals surface area contributed by atoms with Crippen LogP contribution in [0.2, 0.25) is 0 Å². The van der Waals surface area contributed by atoms with E-state index in [9.17, 15) is 37.5 Å². The van der Waals surface area contributed by atoms with Gasteiger partial charge in [-0.1, -0.05) is 6.07 Å². The Labute approximate surface area is 248 Å². The molecule has 12 nitrogen and oxygen atoms in total. The van der Waals surface area contributed by atoms with Gasteiger partial charge < -0.3 is 25.2 Å². The summed E-state index contributed by atoms with van der Waals surface area (Å²) in [5.74, 6) is -2.16. The maximum absolute atomic E-state index is 13.8. The number of nitrogens with one attached hydrogen (secondary N) is 3. The van der Waals surface area contributed by atoms with Gasteiger partial charge in [-0.25, -0.2) is 9.59 Å². The summed E-state index contributed by atoms with van der Waals surface area (Å²) < 4.78 is 46.0. The molecule has 15 heteroatoms. The first kappa shape index (κ1) is 34.3. The standard InChI is InChI=1S/C20H18F3N3O5.C9H8N2O2/c1-10(28)26(2)11-4-5-12(15(6-11)20(21,22)23)13-8-18(29)14(16(24)9-27)7-17(13)25-19(30)31-3;1-11-8-3-2-6(5-10)4-7(8)9(12)13/h4-9,24,29H,1-3H3,(H,25,30);2-4,11H,1H3,(H,12,13). The Hall–Kier alpha value is -5.91. The number of phenolic OH excluding ortho intramolecular Hbond substituents is 1. The number of methoxy groups -OCH3 is 1. The van der Waals surface area contributed by atoms with Crippen LogP contribution in [-0.4, -0.2) is 61.4 Å². The van der Waals surface area contributed by atoms with Gasteiger partial charge in [0.2, 0.25) is 5.91 Å². The number of phenols is 1. The number of anilines is 3. The summed E-state index contributed by atoms with van der Waals surface area (Å²) in [4.78, 5) is 45.9. The van der Waals surface area contributed by atoms with Crippen LogP contribution in [0.15, 0.2) is 48.5 Å². The number of rotatable bonds is 7. The zero-order valence-electron chi connectivity index (χ0n) is 23.7. The summed E-state index contributed by atoms with van der Waals surface area (Å²) in [6.45, 7) is 1.19. The molecule has 0 radical (unpaired) electrons. The second kappa shape index (κ2) is 14.3. The molecule has 230 valence electrons. The van der Waals surface area contributed by atoms with Crippen molar-refractivity contribution in [3.63, 3.8) is 0 Å². The van der Waals surface area contributed by atoms with Crippen molar-refractivity contribution in [3.8, 4) is 22.9 Å². The lowest BCUT2D eigenvalue weighted by molar-refractivity contribution is -0.137. The predicted octanol–water partition coefficient (Wildman–Crippen LogP) is 5.10. The van der Waals surface area contributed by atoms with E-state index in [0.29, 0.717) is 11.3 Å². The van der Waals surface area contributed by atoms with Crippen LogP contribution in [0.5, 0.6) is 5.75 Å². The van der Waals surface area contributed by atoms with E-state index < -0.39 is 46.7 Å². The fourth-order valence-corrected chi connectivity index (χ4v) is 3.76. The van der Waals surface area contributed by atoms with Gasteiger partial charge in [-0.15, -0.1) is 0 Å². The molecule has 0 saturated heterocycles. The first-order valence-electron chi connectivity index (χ1n) is 12.3. The molecule has 0 bridgehead atoms. The number of benzene rings is 3. The number of alkyl halides is 3. The maximum atomic E-state index is 13.8. The fourth-order valence-electron chi connectivity index (χ4n) is 3.76. The molecule has 3 aromatic carbocycles. The Morgan fingerprint density at radius 1 is 1.05 bits per heavy atom. The third kappa shape index (κ3) is 8.10. The Bertz CT molecular complexity index is 1670. The second-order valence-corrected chi connectivity index (χ2v) is 8.80. The molecule has 0 aromatic heterocycles. The van der Waals surface area contributed by atoms with Crippen LogP contribution < -0.4 is 15.5 Å². The van der Waals surface area contributed by atoms with Gasteiger partial charge in [0.05, 0.1) is 35.6 Å². The average Bonchev–Trinajstić information content (AvgIpc) is 2.99. The summed E-state index contributed by atoms with van der Waals surface area (Å²) in [5.41, 5.74) is -2.03. The number of carbonyl (C=O) groups excluding carboxylic acids is 3. The number of nitriles is 1. The van der Waals surface area contributed by atoms with Crippen LogP contribution in [0.25, 0.3) is 11.1 Å². The van der Waals surface area contributed by atoms with Gasteiger partial charge in [0.15, 0.2) is 6.29 Å². The molecule has 2 amide bonds. The number of hydrogen-bond acceptors (Lipinski definition) is 9. The minimum atomic E-state index is -4.85. The topological polar surface area (TPSA) is 193 Å². The Morgan fingerprint density at radius 3 is 2.20 bits per heavy atom. The van der Waals surface area contributed by atoms with Crippen LogP contribution in [-0.2, 0) is 20.5 Å². The number of carboxylic acids is 1. The van der Waals surface area contributed by atoms with Crippen LogP contribution in [0.3, 0.4) is 0 Å². The highest BCUT2D eigenvalue weighted by Gasteiger charge is 2.35. The van der Waals surface area contributed by atoms with Crippen molar-refractivity contribution in [3.05, 3.63) is 70.8 Å². The molecule has 0 unspecified atom stereocenters. The van der Waals surface area contributed by atoms with Gasteiger partial charge in [-0.3, -0.25) is 20.3 Å². The lowest BCUT2D eigenvalue weighted by atomic mass is 9.94. The highest BCUT2D eigenvalue weighted by atomic mass is 19.4. The van der Waals surface area contributed by atoms with Crippen LogP contribution in [0.4, 0.5) is 35.0 Å². The molecule has 44 heavy (non-hydrogen) atoms. The molecule has 0 heterocycles. The monoisotopic (exact) mass is 613 g/mol. The summed E-state index contributed by atoms with van der Waals surface area (Å²) in [5, 5.41) is 40.1. The first-order valence-corrected chi connectivity index (χ1v) is 12.3. The van der Waals surface area contributed by atoms with E-state index in [1.165, 1.54) is 26.1 Å². The van der Waals surface area contributed by atoms with E-state index in [2.05, 4.69) is 15.4 Å². The number of aldehydes is 1. The van der Waals surface area contributed by atoms with Crippen molar-refractivity contribution in [1.29, 1.82) is 10.7 Å². The first-order chi connectivity index (χ1) is 20.6. The number of nitrogens with zero attached hydrogens (tertiary/aromatic N) is 2. The van der Waals surface area contributed by atoms with E-state index in [1.54, 1.807) is 19.2 Å². The molecule has 0 spiro atoms. The van der Waals surface area contributed by atoms with Crippen molar-refractivity contribution in [2.75, 3.05) is 36.7 Å². The molecule has 0 aliphatic carbocycles. The van der Waals surface area contributed by atoms with E-state index in [0.717, 1.165) is 36.3 Å². The zero-order chi connectivity index (χ0) is 33.4. The van der Waals surface area contributed by atoms with Gasteiger partial charge in [-0.2, -0.15) is 18.4 Å². The van der Waals surface area contributed by atoms with Crippen LogP contribution in [0.1, 0.15) is 34.0 Å². The number of hydrogen-bond donors (Lipinski definition) is 5. The molecule has 0 saturated carbocycles. The van der Waals surface area contributed by atoms with Crippen molar-refractivity contribution < 1.29 is 47.3 Å². The number of halogens is 3. The molecule has 0 fully saturated rings. The number of ether oxygens (including phenoxy) is 1. The van der Waals surface area contributed by atoms with Gasteiger partial charge in [0.25, 0.3) is 0 Å². The number of aromatic carboxylic acids is 1. The molecule has 3 aromatic rings. The number of carboxylic acid groups (broad SMARTS) is 1. The van der Waals surface area contributed by atoms with Crippen molar-refractivity contribution in [2.45, 2.75) is 13.1 Å². The van der Waals surface area contributed by atoms with Crippen molar-refractivity contribution in [1.82, 2.24) is 0 Å². The molecular weight excluding hydrogens is 587 g/mol. The highest BCUT2D eigenvalue weighted by molar-refractivity contribution is 6.35. The lowest BCUT2D eigenvalue weighted by Crippen LogP contribution is -2.23. The smallest absolute Gasteiger partial charge is 0.417 e. The Balaban J connectivity index is 0.000000432. The SMILES string of the molecule is CNc1ccc(C#N)cc1C(=O)O.COC(=O)Nc1cc(C(=N)C=O)c(O)cc1-c1ccc(N(C)C(C)=O)cc1C(F)(F)F. The average molecular weight is 614 g/mol. The molecular formula is C29H26F3N5O7. The van der Waals surface area contributed by atoms with E-state index in [4.69, 9.17) is 15.8 Å². The van der Waals surface area contributed by atoms with Crippen molar-refractivity contribution >= 4 is 47.0 Å². The molecule has 0 aliphatic heterocycles. The van der Waals surface area contributed by atoms with Crippen LogP contribution >= 0.6 is 0 Å².